The van der Waals surface area contributed by atoms with Gasteiger partial charge >= 0.3 is 6.03 Å². The van der Waals surface area contributed by atoms with Gasteiger partial charge in [-0.25, -0.2) is 14.8 Å². The summed E-state index contributed by atoms with van der Waals surface area (Å²) in [5, 5.41) is 5.41. The second-order valence-corrected chi connectivity index (χ2v) is 9.41. The number of nitrogens with one attached hydrogen (secondary N) is 2. The number of hydrogen-bond donors (Lipinski definition) is 2. The zero-order chi connectivity index (χ0) is 19.1. The van der Waals surface area contributed by atoms with Gasteiger partial charge in [0.05, 0.1) is 13.7 Å². The number of hydrogen-bond acceptors (Lipinski definition) is 6. The fraction of sp³-hybridized carbons (Fsp3) is 0.333. The van der Waals surface area contributed by atoms with E-state index >= 15 is 0 Å². The fourth-order valence-corrected chi connectivity index (χ4v) is 5.05. The quantitative estimate of drug-likeness (QED) is 0.576. The lowest BCUT2D eigenvalue weighted by Gasteiger charge is -2.27. The van der Waals surface area contributed by atoms with Crippen LogP contribution in [0.3, 0.4) is 0 Å². The number of urea groups is 1. The minimum Gasteiger partial charge on any atom is -0.352 e. The molecule has 2 aromatic rings. The first kappa shape index (κ1) is 19.5. The third kappa shape index (κ3) is 3.73. The van der Waals surface area contributed by atoms with Crippen LogP contribution in [0.25, 0.3) is 10.6 Å². The van der Waals surface area contributed by atoms with Crippen LogP contribution in [0.15, 0.2) is 21.2 Å². The van der Waals surface area contributed by atoms with Gasteiger partial charge in [-0.3, -0.25) is 10.1 Å². The molecule has 3 amide bonds. The predicted octanol–water partition coefficient (Wildman–Crippen LogP) is 4.13. The molecular formula is C15H14Br2ClN5O2S. The van der Waals surface area contributed by atoms with Crippen molar-refractivity contribution in [2.45, 2.75) is 19.4 Å². The molecule has 26 heavy (non-hydrogen) atoms. The van der Waals surface area contributed by atoms with Crippen molar-refractivity contribution < 1.29 is 9.59 Å². The molecule has 3 heterocycles. The molecular weight excluding hydrogens is 510 g/mol. The number of nitrogens with zero attached hydrogens (tertiary/aromatic N) is 3. The second-order valence-electron chi connectivity index (χ2n) is 6.01. The summed E-state index contributed by atoms with van der Waals surface area (Å²) in [5.74, 6) is 0.118. The van der Waals surface area contributed by atoms with Crippen LogP contribution in [-0.4, -0.2) is 45.4 Å². The van der Waals surface area contributed by atoms with Crippen LogP contribution >= 0.6 is 54.8 Å². The van der Waals surface area contributed by atoms with Gasteiger partial charge in [0.15, 0.2) is 0 Å². The summed E-state index contributed by atoms with van der Waals surface area (Å²) in [5.41, 5.74) is -0.163. The number of anilines is 1. The first-order valence-electron chi connectivity index (χ1n) is 7.55. The van der Waals surface area contributed by atoms with E-state index in [0.717, 1.165) is 13.8 Å². The van der Waals surface area contributed by atoms with Crippen LogP contribution in [0.5, 0.6) is 0 Å². The normalized spacial score (nSPS) is 16.1. The molecule has 0 radical (unpaired) electrons. The maximum atomic E-state index is 11.9. The maximum absolute atomic E-state index is 11.9. The minimum absolute atomic E-state index is 0.302. The molecule has 2 N–H and O–H groups in total. The molecule has 1 aliphatic heterocycles. The monoisotopic (exact) mass is 521 g/mol. The van der Waals surface area contributed by atoms with Gasteiger partial charge in [-0.2, -0.15) is 0 Å². The first-order valence-corrected chi connectivity index (χ1v) is 10.3. The van der Waals surface area contributed by atoms with Crippen LogP contribution in [0.4, 0.5) is 10.7 Å². The summed E-state index contributed by atoms with van der Waals surface area (Å²) in [6.07, 6.45) is 1.65. The summed E-state index contributed by atoms with van der Waals surface area (Å²) in [6, 6.07) is 1.42. The van der Waals surface area contributed by atoms with Crippen LogP contribution in [0, 0.1) is 0 Å². The van der Waals surface area contributed by atoms with Crippen molar-refractivity contribution in [3.05, 3.63) is 25.5 Å². The van der Waals surface area contributed by atoms with Crippen molar-refractivity contribution in [3.8, 4) is 10.6 Å². The Morgan fingerprint density at radius 1 is 1.35 bits per heavy atom. The molecule has 3 rings (SSSR count). The lowest BCUT2D eigenvalue weighted by Crippen LogP contribution is -2.46. The Balaban J connectivity index is 1.72. The minimum atomic E-state index is -0.872. The predicted molar refractivity (Wildman–Crippen MR) is 109 cm³/mol. The summed E-state index contributed by atoms with van der Waals surface area (Å²) < 4.78 is 2.25. The van der Waals surface area contributed by atoms with E-state index < -0.39 is 11.6 Å². The number of thiophene rings is 1. The number of carbonyl (C=O) groups is 2. The smallest absolute Gasteiger partial charge is 0.325 e. The molecule has 0 atom stereocenters. The summed E-state index contributed by atoms with van der Waals surface area (Å²) in [4.78, 5) is 34.8. The van der Waals surface area contributed by atoms with E-state index in [1.54, 1.807) is 20.0 Å². The lowest BCUT2D eigenvalue weighted by atomic mass is 10.0. The molecule has 0 bridgehead atoms. The topological polar surface area (TPSA) is 87.2 Å². The molecule has 0 aromatic carbocycles. The van der Waals surface area contributed by atoms with Crippen LogP contribution < -0.4 is 10.6 Å². The number of halogens is 3. The second kappa shape index (κ2) is 7.41. The fourth-order valence-electron chi connectivity index (χ4n) is 2.47. The SMILES string of the molecule is CC1(C)C(=O)NC(=O)N1CCNc1ncc(Br)c(-c2sc(Cl)cc2Br)n1. The molecule has 11 heteroatoms. The average molecular weight is 524 g/mol. The van der Waals surface area contributed by atoms with E-state index in [1.165, 1.54) is 16.2 Å². The van der Waals surface area contributed by atoms with Gasteiger partial charge in [-0.05, 0) is 51.8 Å². The molecule has 138 valence electrons. The van der Waals surface area contributed by atoms with E-state index in [2.05, 4.69) is 52.5 Å². The highest BCUT2D eigenvalue weighted by molar-refractivity contribution is 9.11. The zero-order valence-corrected chi connectivity index (χ0v) is 18.5. The Morgan fingerprint density at radius 3 is 2.65 bits per heavy atom. The molecule has 1 saturated heterocycles. The zero-order valence-electron chi connectivity index (χ0n) is 13.8. The summed E-state index contributed by atoms with van der Waals surface area (Å²) >= 11 is 14.4. The molecule has 7 nitrogen and oxygen atoms in total. The molecule has 0 aliphatic carbocycles. The van der Waals surface area contributed by atoms with Crippen molar-refractivity contribution in [2.24, 2.45) is 0 Å². The molecule has 1 aliphatic rings. The highest BCUT2D eigenvalue weighted by Crippen LogP contribution is 2.40. The van der Waals surface area contributed by atoms with Crippen LogP contribution in [0.2, 0.25) is 4.34 Å². The number of amides is 3. The van der Waals surface area contributed by atoms with Crippen LogP contribution in [-0.2, 0) is 4.79 Å². The molecule has 2 aromatic heterocycles. The Bertz CT molecular complexity index is 889. The number of rotatable bonds is 5. The third-order valence-corrected chi connectivity index (χ3v) is 6.67. The number of aromatic nitrogens is 2. The lowest BCUT2D eigenvalue weighted by molar-refractivity contribution is -0.125. The molecule has 0 unspecified atom stereocenters. The number of carbonyl (C=O) groups excluding carboxylic acids is 2. The average Bonchev–Trinajstić information content (AvgIpc) is 2.99. The Morgan fingerprint density at radius 2 is 2.08 bits per heavy atom. The molecule has 0 saturated carbocycles. The van der Waals surface area contributed by atoms with E-state index in [-0.39, 0.29) is 5.91 Å². The van der Waals surface area contributed by atoms with Gasteiger partial charge in [0.2, 0.25) is 5.95 Å². The van der Waals surface area contributed by atoms with E-state index in [1.807, 2.05) is 6.07 Å². The standard InChI is InChI=1S/C15H14Br2ClN5O2S/c1-15(2)12(24)22-14(25)23(15)4-3-19-13-20-6-8(17)10(21-13)11-7(16)5-9(18)26-11/h5-6H,3-4H2,1-2H3,(H,19,20,21)(H,22,24,25). The van der Waals surface area contributed by atoms with Gasteiger partial charge in [0.25, 0.3) is 5.91 Å². The highest BCUT2D eigenvalue weighted by Gasteiger charge is 2.44. The van der Waals surface area contributed by atoms with Gasteiger partial charge in [0.1, 0.15) is 11.2 Å². The summed E-state index contributed by atoms with van der Waals surface area (Å²) in [7, 11) is 0. The van der Waals surface area contributed by atoms with Crippen molar-refractivity contribution in [1.29, 1.82) is 0 Å². The third-order valence-electron chi connectivity index (χ3n) is 3.93. The van der Waals surface area contributed by atoms with Crippen molar-refractivity contribution in [1.82, 2.24) is 20.2 Å². The van der Waals surface area contributed by atoms with Crippen molar-refractivity contribution in [2.75, 3.05) is 18.4 Å². The van der Waals surface area contributed by atoms with Crippen LogP contribution in [0.1, 0.15) is 13.8 Å². The van der Waals surface area contributed by atoms with E-state index in [4.69, 9.17) is 11.6 Å². The van der Waals surface area contributed by atoms with Crippen molar-refractivity contribution in [3.63, 3.8) is 0 Å². The Kier molecular flexibility index (Phi) is 5.57. The number of imide groups is 1. The molecule has 0 spiro atoms. The molecule has 1 fully saturated rings. The van der Waals surface area contributed by atoms with E-state index in [0.29, 0.717) is 29.1 Å². The Labute approximate surface area is 175 Å². The highest BCUT2D eigenvalue weighted by atomic mass is 79.9. The maximum Gasteiger partial charge on any atom is 0.325 e. The largest absolute Gasteiger partial charge is 0.352 e. The summed E-state index contributed by atoms with van der Waals surface area (Å²) in [6.45, 7) is 4.16. The van der Waals surface area contributed by atoms with Gasteiger partial charge in [0, 0.05) is 23.8 Å². The van der Waals surface area contributed by atoms with E-state index in [9.17, 15) is 9.59 Å². The van der Waals surface area contributed by atoms with Crippen molar-refractivity contribution >= 4 is 72.7 Å². The van der Waals surface area contributed by atoms with Gasteiger partial charge in [-0.15, -0.1) is 11.3 Å². The van der Waals surface area contributed by atoms with Gasteiger partial charge in [-0.1, -0.05) is 11.6 Å². The Hall–Kier alpha value is -1.23. The van der Waals surface area contributed by atoms with Gasteiger partial charge < -0.3 is 10.2 Å². The first-order chi connectivity index (χ1) is 12.2.